The maximum atomic E-state index is 3.36. The van der Waals surface area contributed by atoms with Crippen LogP contribution in [0.5, 0.6) is 0 Å². The molecule has 0 heterocycles. The second kappa shape index (κ2) is 17.0. The van der Waals surface area contributed by atoms with Gasteiger partial charge in [-0.1, -0.05) is 57.9 Å². The molecule has 1 aliphatic carbocycles. The van der Waals surface area contributed by atoms with Gasteiger partial charge in [-0.15, -0.1) is 36.1 Å². The molecule has 0 saturated heterocycles. The number of hydrogen-bond acceptors (Lipinski definition) is 0. The van der Waals surface area contributed by atoms with Crippen molar-refractivity contribution in [3.05, 3.63) is 66.3 Å². The summed E-state index contributed by atoms with van der Waals surface area (Å²) >= 11 is 0. The topological polar surface area (TPSA) is 0 Å². The average molecular weight is 411 g/mol. The normalized spacial score (nSPS) is 11.5. The van der Waals surface area contributed by atoms with E-state index in [1.165, 1.54) is 61.3 Å². The summed E-state index contributed by atoms with van der Waals surface area (Å²) in [5.74, 6) is 0. The van der Waals surface area contributed by atoms with E-state index in [0.717, 1.165) is 6.42 Å². The Hall–Kier alpha value is -0.396. The summed E-state index contributed by atoms with van der Waals surface area (Å²) in [7, 11) is 0. The van der Waals surface area contributed by atoms with Crippen LogP contribution in [-0.4, -0.2) is 0 Å². The molecule has 25 heavy (non-hydrogen) atoms. The minimum absolute atomic E-state index is 0. The summed E-state index contributed by atoms with van der Waals surface area (Å²) in [6.07, 6.45) is 18.5. The van der Waals surface area contributed by atoms with Crippen molar-refractivity contribution in [3.63, 3.8) is 0 Å². The van der Waals surface area contributed by atoms with Crippen LogP contribution in [0.3, 0.4) is 0 Å². The van der Waals surface area contributed by atoms with Gasteiger partial charge in [0.15, 0.2) is 0 Å². The maximum Gasteiger partial charge on any atom is 4.00 e. The number of benzene rings is 1. The van der Waals surface area contributed by atoms with Crippen LogP contribution in [0.2, 0.25) is 0 Å². The fourth-order valence-electron chi connectivity index (χ4n) is 2.79. The van der Waals surface area contributed by atoms with E-state index >= 15 is 0 Å². The third-order valence-corrected chi connectivity index (χ3v) is 4.11. The molecule has 1 aliphatic rings. The van der Waals surface area contributed by atoms with Crippen LogP contribution >= 0.6 is 0 Å². The first-order valence-electron chi connectivity index (χ1n) is 8.77. The van der Waals surface area contributed by atoms with E-state index in [0.29, 0.717) is 0 Å². The van der Waals surface area contributed by atoms with Gasteiger partial charge >= 0.3 is 21.7 Å². The molecular weight excluding hydrogens is 383 g/mol. The summed E-state index contributed by atoms with van der Waals surface area (Å²) in [4.78, 5) is 0. The maximum absolute atomic E-state index is 3.36. The first-order chi connectivity index (χ1) is 10.9. The molecule has 0 bridgehead atoms. The minimum Gasteiger partial charge on any atom is -1.00 e. The molecule has 0 radical (unpaired) electrons. The van der Waals surface area contributed by atoms with E-state index in [2.05, 4.69) is 67.6 Å². The number of rotatable bonds is 7. The average Bonchev–Trinajstić information content (AvgIpc) is 3.22. The van der Waals surface area contributed by atoms with Crippen LogP contribution in [0.1, 0.15) is 58.3 Å². The first kappa shape index (κ1) is 26.8. The first-order valence-corrected chi connectivity index (χ1v) is 8.77. The van der Waals surface area contributed by atoms with Gasteiger partial charge in [0.05, 0.1) is 0 Å². The third kappa shape index (κ3) is 11.0. The molecule has 2 aromatic rings. The van der Waals surface area contributed by atoms with E-state index in [4.69, 9.17) is 0 Å². The van der Waals surface area contributed by atoms with Crippen LogP contribution in [0.4, 0.5) is 0 Å². The second-order valence-corrected chi connectivity index (χ2v) is 5.98. The molecule has 3 rings (SSSR count). The zero-order valence-electron chi connectivity index (χ0n) is 15.1. The fourth-order valence-corrected chi connectivity index (χ4v) is 2.79. The molecule has 0 nitrogen and oxygen atoms in total. The molecule has 0 saturated carbocycles. The second-order valence-electron chi connectivity index (χ2n) is 5.98. The molecule has 0 N–H and O–H groups in total. The van der Waals surface area contributed by atoms with Crippen LogP contribution < -0.4 is 24.8 Å². The van der Waals surface area contributed by atoms with Crippen molar-refractivity contribution >= 4 is 10.8 Å². The van der Waals surface area contributed by atoms with Gasteiger partial charge in [0.2, 0.25) is 0 Å². The minimum atomic E-state index is 0. The van der Waals surface area contributed by atoms with Gasteiger partial charge in [-0.2, -0.15) is 23.6 Å². The molecule has 134 valence electrons. The molecule has 3 heteroatoms. The molecule has 0 fully saturated rings. The summed E-state index contributed by atoms with van der Waals surface area (Å²) in [6, 6.07) is 14.7. The summed E-state index contributed by atoms with van der Waals surface area (Å²) in [5, 5.41) is 2.66. The third-order valence-electron chi connectivity index (χ3n) is 4.11. The Morgan fingerprint density at radius 3 is 2.36 bits per heavy atom. The Bertz CT molecular complexity index is 569. The molecule has 2 aromatic carbocycles. The molecule has 0 unspecified atom stereocenters. The quantitative estimate of drug-likeness (QED) is 0.362. The fraction of sp³-hybridized carbons (Fsp3) is 0.409. The van der Waals surface area contributed by atoms with Crippen LogP contribution in [0, 0.1) is 6.08 Å². The van der Waals surface area contributed by atoms with E-state index in [9.17, 15) is 0 Å². The molecule has 0 atom stereocenters. The van der Waals surface area contributed by atoms with Gasteiger partial charge in [0.25, 0.3) is 0 Å². The Morgan fingerprint density at radius 2 is 1.68 bits per heavy atom. The number of unbranched alkanes of at least 4 members (excludes halogenated alkanes) is 5. The molecule has 0 aromatic heterocycles. The van der Waals surface area contributed by atoms with Gasteiger partial charge in [-0.3, -0.25) is 6.08 Å². The zero-order valence-corrected chi connectivity index (χ0v) is 18.2. The summed E-state index contributed by atoms with van der Waals surface area (Å²) < 4.78 is 0. The van der Waals surface area contributed by atoms with Crippen molar-refractivity contribution in [2.45, 2.75) is 58.3 Å². The molecule has 0 spiro atoms. The number of hydrogen-bond donors (Lipinski definition) is 0. The summed E-state index contributed by atoms with van der Waals surface area (Å²) in [5.41, 5.74) is 1.44. The summed E-state index contributed by atoms with van der Waals surface area (Å²) in [6.45, 7) is 2.27. The Kier molecular flexibility index (Phi) is 18.3. The van der Waals surface area contributed by atoms with Crippen molar-refractivity contribution in [1.29, 1.82) is 0 Å². The Balaban J connectivity index is 0. The van der Waals surface area contributed by atoms with E-state index in [1.807, 2.05) is 0 Å². The largest absolute Gasteiger partial charge is 4.00 e. The molecular formula is C22H28Cl2Ti. The van der Waals surface area contributed by atoms with Crippen LogP contribution in [0.25, 0.3) is 10.8 Å². The van der Waals surface area contributed by atoms with E-state index in [1.54, 1.807) is 0 Å². The Morgan fingerprint density at radius 1 is 0.960 bits per heavy atom. The van der Waals surface area contributed by atoms with Gasteiger partial charge in [0, 0.05) is 0 Å². The SMILES string of the molecule is CCCCCCCCC1=[C-]CC=C1.[Cl-].[Cl-].[Ti+4].c1ccc2[cH-]ccc2c1. The van der Waals surface area contributed by atoms with Crippen molar-refractivity contribution < 1.29 is 46.5 Å². The number of fused-ring (bicyclic) bond motifs is 1. The van der Waals surface area contributed by atoms with Crippen LogP contribution in [-0.2, 0) is 21.7 Å². The standard InChI is InChI=1S/C13H21.C9H7.2ClH.Ti/c1-2-3-4-5-6-7-10-13-11-8-9-12-13;1-2-5-9-7-3-6-8(9)4-1;;;/h8,11H,2-7,9-10H2,1H3;1-7H;2*1H;/q2*-1;;;+4/p-2. The number of allylic oxidation sites excluding steroid dienone is 4. The monoisotopic (exact) mass is 410 g/mol. The van der Waals surface area contributed by atoms with Crippen molar-refractivity contribution in [1.82, 2.24) is 0 Å². The predicted molar refractivity (Wildman–Crippen MR) is 98.0 cm³/mol. The van der Waals surface area contributed by atoms with Gasteiger partial charge in [-0.25, -0.2) is 11.6 Å². The van der Waals surface area contributed by atoms with Gasteiger partial charge in [-0.05, 0) is 0 Å². The van der Waals surface area contributed by atoms with Crippen molar-refractivity contribution in [2.75, 3.05) is 0 Å². The van der Waals surface area contributed by atoms with E-state index in [-0.39, 0.29) is 46.5 Å². The Labute approximate surface area is 181 Å². The smallest absolute Gasteiger partial charge is 1.00 e. The van der Waals surface area contributed by atoms with Gasteiger partial charge in [0.1, 0.15) is 0 Å². The van der Waals surface area contributed by atoms with Crippen molar-refractivity contribution in [3.8, 4) is 0 Å². The molecule has 0 amide bonds. The molecule has 0 aliphatic heterocycles. The van der Waals surface area contributed by atoms with E-state index < -0.39 is 0 Å². The van der Waals surface area contributed by atoms with Crippen molar-refractivity contribution in [2.24, 2.45) is 0 Å². The predicted octanol–water partition coefficient (Wildman–Crippen LogP) is 0.991. The van der Waals surface area contributed by atoms with Crippen LogP contribution in [0.15, 0.2) is 60.2 Å². The number of halogens is 2. The zero-order chi connectivity index (χ0) is 15.5. The van der Waals surface area contributed by atoms with Gasteiger partial charge < -0.3 is 24.8 Å².